The van der Waals surface area contributed by atoms with Crippen molar-refractivity contribution in [3.8, 4) is 0 Å². The molecule has 1 N–H and O–H groups in total. The summed E-state index contributed by atoms with van der Waals surface area (Å²) in [5.41, 5.74) is 0.695. The van der Waals surface area contributed by atoms with E-state index in [1.165, 1.54) is 0 Å². The molecule has 2 unspecified atom stereocenters. The molecule has 1 aromatic rings. The van der Waals surface area contributed by atoms with Gasteiger partial charge >= 0.3 is 11.9 Å². The second-order valence-electron chi connectivity index (χ2n) is 6.09. The summed E-state index contributed by atoms with van der Waals surface area (Å²) in [4.78, 5) is 22.7. The number of aliphatic carboxylic acids is 1. The van der Waals surface area contributed by atoms with Crippen molar-refractivity contribution in [2.45, 2.75) is 26.9 Å². The Balaban J connectivity index is 1.88. The molecule has 1 fully saturated rings. The molecule has 1 aliphatic carbocycles. The zero-order chi connectivity index (χ0) is 16.3. The molecule has 2 rings (SSSR count). The molecule has 1 saturated carbocycles. The van der Waals surface area contributed by atoms with Gasteiger partial charge in [0.2, 0.25) is 0 Å². The van der Waals surface area contributed by atoms with E-state index in [2.05, 4.69) is 0 Å². The fraction of sp³-hybridized carbons (Fsp3) is 0.412. The first-order valence-corrected chi connectivity index (χ1v) is 7.49. The molecule has 1 aliphatic rings. The van der Waals surface area contributed by atoms with E-state index in [4.69, 9.17) is 21.4 Å². The molecule has 0 amide bonds. The minimum absolute atomic E-state index is 0.0286. The fourth-order valence-corrected chi connectivity index (χ4v) is 2.75. The van der Waals surface area contributed by atoms with Crippen LogP contribution < -0.4 is 0 Å². The molecule has 0 heterocycles. The van der Waals surface area contributed by atoms with Gasteiger partial charge in [-0.15, -0.1) is 0 Å². The van der Waals surface area contributed by atoms with E-state index >= 15 is 0 Å². The van der Waals surface area contributed by atoms with Crippen molar-refractivity contribution in [2.24, 2.45) is 17.3 Å². The SMILES string of the molecule is CC1(C)C(C=CCC(=O)O)C1C(=O)OCc1ccc(Cl)cc1. The van der Waals surface area contributed by atoms with Gasteiger partial charge in [0, 0.05) is 5.02 Å². The number of allylic oxidation sites excluding steroid dienone is 1. The summed E-state index contributed by atoms with van der Waals surface area (Å²) < 4.78 is 5.35. The fourth-order valence-electron chi connectivity index (χ4n) is 2.63. The van der Waals surface area contributed by atoms with Crippen LogP contribution in [0.2, 0.25) is 5.02 Å². The Morgan fingerprint density at radius 2 is 1.95 bits per heavy atom. The monoisotopic (exact) mass is 322 g/mol. The van der Waals surface area contributed by atoms with Crippen molar-refractivity contribution >= 4 is 23.5 Å². The lowest BCUT2D eigenvalue weighted by atomic mass is 10.1. The first-order chi connectivity index (χ1) is 10.3. The Morgan fingerprint density at radius 3 is 2.55 bits per heavy atom. The van der Waals surface area contributed by atoms with Crippen molar-refractivity contribution < 1.29 is 19.4 Å². The molecule has 118 valence electrons. The highest BCUT2D eigenvalue weighted by Crippen LogP contribution is 2.59. The van der Waals surface area contributed by atoms with Crippen LogP contribution in [0, 0.1) is 17.3 Å². The maximum absolute atomic E-state index is 12.2. The highest BCUT2D eigenvalue weighted by molar-refractivity contribution is 6.30. The number of esters is 1. The van der Waals surface area contributed by atoms with Gasteiger partial charge in [0.25, 0.3) is 0 Å². The topological polar surface area (TPSA) is 63.6 Å². The second-order valence-corrected chi connectivity index (χ2v) is 6.52. The number of benzene rings is 1. The normalized spacial score (nSPS) is 22.5. The third-order valence-corrected chi connectivity index (χ3v) is 4.35. The van der Waals surface area contributed by atoms with Gasteiger partial charge in [-0.25, -0.2) is 0 Å². The summed E-state index contributed by atoms with van der Waals surface area (Å²) in [6, 6.07) is 7.14. The molecule has 0 aromatic heterocycles. The average Bonchev–Trinajstić information content (AvgIpc) is 2.99. The van der Waals surface area contributed by atoms with Crippen molar-refractivity contribution in [3.63, 3.8) is 0 Å². The van der Waals surface area contributed by atoms with Crippen LogP contribution in [-0.4, -0.2) is 17.0 Å². The van der Waals surface area contributed by atoms with Gasteiger partial charge in [-0.05, 0) is 29.0 Å². The molecule has 4 nitrogen and oxygen atoms in total. The zero-order valence-electron chi connectivity index (χ0n) is 12.6. The molecule has 0 bridgehead atoms. The first kappa shape index (κ1) is 16.6. The smallest absolute Gasteiger partial charge is 0.310 e. The zero-order valence-corrected chi connectivity index (χ0v) is 13.3. The number of carboxylic acids is 1. The van der Waals surface area contributed by atoms with Gasteiger partial charge in [0.05, 0.1) is 12.3 Å². The predicted molar refractivity (Wildman–Crippen MR) is 83.4 cm³/mol. The van der Waals surface area contributed by atoms with E-state index in [1.807, 2.05) is 32.1 Å². The summed E-state index contributed by atoms with van der Waals surface area (Å²) in [5, 5.41) is 9.27. The minimum Gasteiger partial charge on any atom is -0.481 e. The highest BCUT2D eigenvalue weighted by atomic mass is 35.5. The summed E-state index contributed by atoms with van der Waals surface area (Å²) in [6.45, 7) is 4.18. The van der Waals surface area contributed by atoms with Crippen molar-refractivity contribution in [1.29, 1.82) is 0 Å². The van der Waals surface area contributed by atoms with E-state index in [-0.39, 0.29) is 36.2 Å². The Labute approximate surface area is 134 Å². The number of carboxylic acid groups (broad SMARTS) is 1. The maximum Gasteiger partial charge on any atom is 0.310 e. The summed E-state index contributed by atoms with van der Waals surface area (Å²) >= 11 is 5.80. The molecule has 0 saturated heterocycles. The number of carbonyl (C=O) groups is 2. The number of hydrogen-bond donors (Lipinski definition) is 1. The van der Waals surface area contributed by atoms with E-state index < -0.39 is 5.97 Å². The summed E-state index contributed by atoms with van der Waals surface area (Å²) in [6.07, 6.45) is 3.38. The second kappa shape index (κ2) is 6.53. The van der Waals surface area contributed by atoms with Crippen molar-refractivity contribution in [1.82, 2.24) is 0 Å². The van der Waals surface area contributed by atoms with E-state index in [9.17, 15) is 9.59 Å². The quantitative estimate of drug-likeness (QED) is 0.641. The largest absolute Gasteiger partial charge is 0.481 e. The molecule has 0 spiro atoms. The maximum atomic E-state index is 12.2. The van der Waals surface area contributed by atoms with Gasteiger partial charge in [-0.3, -0.25) is 9.59 Å². The Kier molecular flexibility index (Phi) is 4.91. The van der Waals surface area contributed by atoms with Crippen LogP contribution in [-0.2, 0) is 20.9 Å². The molecule has 0 radical (unpaired) electrons. The Bertz CT molecular complexity index is 589. The van der Waals surface area contributed by atoms with E-state index in [0.717, 1.165) is 5.56 Å². The van der Waals surface area contributed by atoms with Gasteiger partial charge in [0.15, 0.2) is 0 Å². The molecule has 0 aliphatic heterocycles. The molecule has 1 aromatic carbocycles. The average molecular weight is 323 g/mol. The van der Waals surface area contributed by atoms with Crippen LogP contribution >= 0.6 is 11.6 Å². The lowest BCUT2D eigenvalue weighted by molar-refractivity contribution is -0.147. The highest BCUT2D eigenvalue weighted by Gasteiger charge is 2.61. The van der Waals surface area contributed by atoms with Crippen LogP contribution in [0.3, 0.4) is 0 Å². The van der Waals surface area contributed by atoms with Crippen molar-refractivity contribution in [3.05, 3.63) is 47.0 Å². The molecule has 2 atom stereocenters. The third kappa shape index (κ3) is 3.89. The number of halogens is 1. The van der Waals surface area contributed by atoms with Gasteiger partial charge in [-0.2, -0.15) is 0 Å². The van der Waals surface area contributed by atoms with Gasteiger partial charge in [-0.1, -0.05) is 49.7 Å². The van der Waals surface area contributed by atoms with Crippen molar-refractivity contribution in [2.75, 3.05) is 0 Å². The predicted octanol–water partition coefficient (Wildman–Crippen LogP) is 3.69. The Morgan fingerprint density at radius 1 is 1.32 bits per heavy atom. The van der Waals surface area contributed by atoms with Crippen LogP contribution in [0.4, 0.5) is 0 Å². The minimum atomic E-state index is -0.878. The van der Waals surface area contributed by atoms with Crippen LogP contribution in [0.25, 0.3) is 0 Å². The number of hydrogen-bond acceptors (Lipinski definition) is 3. The van der Waals surface area contributed by atoms with E-state index in [1.54, 1.807) is 18.2 Å². The van der Waals surface area contributed by atoms with Gasteiger partial charge < -0.3 is 9.84 Å². The standard InChI is InChI=1S/C17H19ClO4/c1-17(2)13(4-3-5-14(19)20)15(17)16(21)22-10-11-6-8-12(18)9-7-11/h3-4,6-9,13,15H,5,10H2,1-2H3,(H,19,20). The van der Waals surface area contributed by atoms with Gasteiger partial charge in [0.1, 0.15) is 6.61 Å². The molecular formula is C17H19ClO4. The number of carbonyl (C=O) groups excluding carboxylic acids is 1. The summed E-state index contributed by atoms with van der Waals surface area (Å²) in [5.74, 6) is -1.31. The number of ether oxygens (including phenoxy) is 1. The molecule has 22 heavy (non-hydrogen) atoms. The lowest BCUT2D eigenvalue weighted by Gasteiger charge is -2.06. The third-order valence-electron chi connectivity index (χ3n) is 4.09. The lowest BCUT2D eigenvalue weighted by Crippen LogP contribution is -2.10. The number of rotatable bonds is 6. The molecular weight excluding hydrogens is 304 g/mol. The van der Waals surface area contributed by atoms with Crippen LogP contribution in [0.5, 0.6) is 0 Å². The first-order valence-electron chi connectivity index (χ1n) is 7.12. The Hall–Kier alpha value is -1.81. The van der Waals surface area contributed by atoms with Crippen LogP contribution in [0.15, 0.2) is 36.4 Å². The van der Waals surface area contributed by atoms with E-state index in [0.29, 0.717) is 5.02 Å². The van der Waals surface area contributed by atoms with Crippen LogP contribution in [0.1, 0.15) is 25.8 Å². The molecule has 5 heteroatoms. The summed E-state index contributed by atoms with van der Waals surface area (Å²) in [7, 11) is 0.